The van der Waals surface area contributed by atoms with Crippen LogP contribution >= 0.6 is 23.2 Å². The first-order valence-corrected chi connectivity index (χ1v) is 16.9. The van der Waals surface area contributed by atoms with Crippen LogP contribution in [0.4, 0.5) is 0 Å². The Morgan fingerprint density at radius 2 is 1.11 bits per heavy atom. The zero-order chi connectivity index (χ0) is 31.4. The van der Waals surface area contributed by atoms with E-state index in [0.29, 0.717) is 24.6 Å². The molecular weight excluding hydrogens is 619 g/mol. The van der Waals surface area contributed by atoms with Gasteiger partial charge in [0.05, 0.1) is 48.5 Å². The summed E-state index contributed by atoms with van der Waals surface area (Å²) in [5.41, 5.74) is -4.76. The molecule has 0 aromatic heterocycles. The van der Waals surface area contributed by atoms with Gasteiger partial charge in [-0.15, -0.1) is 23.2 Å². The van der Waals surface area contributed by atoms with Crippen LogP contribution in [0.1, 0.15) is 65.2 Å². The fraction of sp³-hybridized carbons (Fsp3) is 0.867. The topological polar surface area (TPSA) is 176 Å². The van der Waals surface area contributed by atoms with Gasteiger partial charge >= 0.3 is 11.9 Å². The average Bonchev–Trinajstić information content (AvgIpc) is 3.91. The summed E-state index contributed by atoms with van der Waals surface area (Å²) in [6, 6.07) is 0. The third-order valence-corrected chi connectivity index (χ3v) is 12.5. The van der Waals surface area contributed by atoms with Crippen molar-refractivity contribution in [2.75, 3.05) is 11.8 Å². The molecule has 6 heterocycles. The number of esters is 2. The van der Waals surface area contributed by atoms with Crippen LogP contribution in [0.2, 0.25) is 0 Å². The molecule has 44 heavy (non-hydrogen) atoms. The Hall–Kier alpha value is -1.70. The minimum absolute atomic E-state index is 0.000228. The number of carbonyl (C=O) groups is 4. The van der Waals surface area contributed by atoms with Gasteiger partial charge < -0.3 is 39.8 Å². The van der Waals surface area contributed by atoms with Crippen LogP contribution in [0.15, 0.2) is 0 Å². The summed E-state index contributed by atoms with van der Waals surface area (Å²) in [7, 11) is 0. The second kappa shape index (κ2) is 10.4. The molecule has 2 saturated carbocycles. The summed E-state index contributed by atoms with van der Waals surface area (Å²) >= 11 is 11.6. The van der Waals surface area contributed by atoms with Gasteiger partial charge in [-0.25, -0.2) is 9.59 Å². The van der Waals surface area contributed by atoms with E-state index in [2.05, 4.69) is 10.6 Å². The third-order valence-electron chi connectivity index (χ3n) is 12.1. The molecule has 4 N–H and O–H groups in total. The molecule has 0 radical (unpaired) electrons. The Balaban J connectivity index is 0.000000142. The molecule has 0 aromatic carbocycles. The zero-order valence-electron chi connectivity index (χ0n) is 24.8. The molecule has 8 rings (SSSR count). The summed E-state index contributed by atoms with van der Waals surface area (Å²) in [5.74, 6) is -2.33. The lowest BCUT2D eigenvalue weighted by Gasteiger charge is -2.54. The van der Waals surface area contributed by atoms with Gasteiger partial charge in [-0.2, -0.15) is 0 Å². The van der Waals surface area contributed by atoms with Crippen LogP contribution in [-0.4, -0.2) is 105 Å². The van der Waals surface area contributed by atoms with Gasteiger partial charge in [0, 0.05) is 23.6 Å². The molecule has 0 spiro atoms. The SMILES string of the molecule is C[C@@]12OC(=O)[C@]1([C@@H](O)[C@H]1CCC[C@@H]3O[C@H]13)NC(=O)[C@@H]2CCCl.C[C@@]12OC(=O)[C@]1([C@@H](O)[C@H]1CCC[C@H]3OC31)NC(=O)[C@@H]2CCCl. The van der Waals surface area contributed by atoms with Crippen molar-refractivity contribution in [2.24, 2.45) is 23.7 Å². The van der Waals surface area contributed by atoms with Crippen LogP contribution < -0.4 is 10.6 Å². The number of halogens is 2. The Kier molecular flexibility index (Phi) is 7.31. The summed E-state index contributed by atoms with van der Waals surface area (Å²) in [5, 5.41) is 27.4. The maximum atomic E-state index is 12.3. The largest absolute Gasteiger partial charge is 0.453 e. The molecule has 0 aromatic rings. The van der Waals surface area contributed by atoms with Gasteiger partial charge in [-0.3, -0.25) is 9.59 Å². The van der Waals surface area contributed by atoms with Crippen LogP contribution in [0, 0.1) is 23.7 Å². The lowest BCUT2D eigenvalue weighted by atomic mass is 9.64. The molecule has 0 bridgehead atoms. The molecule has 8 fully saturated rings. The quantitative estimate of drug-likeness (QED) is 0.165. The predicted molar refractivity (Wildman–Crippen MR) is 152 cm³/mol. The van der Waals surface area contributed by atoms with Gasteiger partial charge in [-0.1, -0.05) is 12.8 Å². The highest BCUT2D eigenvalue weighted by Crippen LogP contribution is 2.57. The number of hydrogen-bond donors (Lipinski definition) is 4. The maximum absolute atomic E-state index is 12.3. The average molecular weight is 660 g/mol. The zero-order valence-corrected chi connectivity index (χ0v) is 26.3. The van der Waals surface area contributed by atoms with Gasteiger partial charge in [0.15, 0.2) is 11.2 Å². The fourth-order valence-electron chi connectivity index (χ4n) is 9.42. The molecule has 2 aliphatic carbocycles. The van der Waals surface area contributed by atoms with Crippen molar-refractivity contribution < 1.29 is 48.3 Å². The number of hydrogen-bond acceptors (Lipinski definition) is 10. The summed E-state index contributed by atoms with van der Waals surface area (Å²) in [6.07, 6.45) is 4.77. The van der Waals surface area contributed by atoms with Crippen molar-refractivity contribution in [3.8, 4) is 0 Å². The van der Waals surface area contributed by atoms with E-state index in [1.807, 2.05) is 0 Å². The second-order valence-electron chi connectivity index (χ2n) is 14.0. The van der Waals surface area contributed by atoms with Crippen LogP contribution in [-0.2, 0) is 38.1 Å². The Morgan fingerprint density at radius 1 is 0.727 bits per heavy atom. The molecule has 8 aliphatic rings. The van der Waals surface area contributed by atoms with E-state index in [1.54, 1.807) is 13.8 Å². The van der Waals surface area contributed by atoms with Gasteiger partial charge in [0.1, 0.15) is 0 Å². The molecule has 6 aliphatic heterocycles. The van der Waals surface area contributed by atoms with Gasteiger partial charge in [0.25, 0.3) is 0 Å². The Morgan fingerprint density at radius 3 is 1.45 bits per heavy atom. The van der Waals surface area contributed by atoms with Crippen molar-refractivity contribution in [2.45, 2.75) is 124 Å². The number of fused-ring (bicyclic) bond motifs is 4. The Labute approximate surface area is 265 Å². The van der Waals surface area contributed by atoms with Crippen LogP contribution in [0.5, 0.6) is 0 Å². The molecule has 1 unspecified atom stereocenters. The van der Waals surface area contributed by atoms with Crippen molar-refractivity contribution in [1.82, 2.24) is 10.6 Å². The van der Waals surface area contributed by atoms with Gasteiger partial charge in [0.2, 0.25) is 22.9 Å². The van der Waals surface area contributed by atoms with Crippen molar-refractivity contribution in [1.29, 1.82) is 0 Å². The number of aliphatic hydroxyl groups is 2. The summed E-state index contributed by atoms with van der Waals surface area (Å²) in [4.78, 5) is 49.2. The highest BCUT2D eigenvalue weighted by molar-refractivity contribution is 6.18. The van der Waals surface area contributed by atoms with E-state index in [-0.39, 0.29) is 48.1 Å². The predicted octanol–water partition coefficient (Wildman–Crippen LogP) is 0.688. The van der Waals surface area contributed by atoms with E-state index in [0.717, 1.165) is 38.5 Å². The smallest absolute Gasteiger partial charge is 0.339 e. The first-order valence-electron chi connectivity index (χ1n) is 15.8. The number of carbonyl (C=O) groups excluding carboxylic acids is 4. The number of epoxide rings is 2. The molecule has 14 atom stereocenters. The number of nitrogens with one attached hydrogen (secondary N) is 2. The summed E-state index contributed by atoms with van der Waals surface area (Å²) < 4.78 is 21.9. The monoisotopic (exact) mass is 658 g/mol. The van der Waals surface area contributed by atoms with E-state index in [9.17, 15) is 29.4 Å². The number of aliphatic hydroxyl groups excluding tert-OH is 2. The number of amides is 2. The standard InChI is InChI=1S/2C15H20ClNO5/c2*1-14-8(5-6-16)12(19)17-15(14,13(20)22-14)11(18)7-3-2-4-9-10(7)21-9/h2*7-11,18H,2-6H2,1H3,(H,17,19)/t7-,8-,9+,10?,11-,14-,15-;7-,8-,9-,10+,11-,14-,15-/m00/s1. The third kappa shape index (κ3) is 3.90. The highest BCUT2D eigenvalue weighted by atomic mass is 35.5. The summed E-state index contributed by atoms with van der Waals surface area (Å²) in [6.45, 7) is 3.45. The first-order chi connectivity index (χ1) is 20.9. The van der Waals surface area contributed by atoms with Crippen molar-refractivity contribution in [3.05, 3.63) is 0 Å². The minimum Gasteiger partial charge on any atom is -0.453 e. The van der Waals surface area contributed by atoms with E-state index in [1.165, 1.54) is 0 Å². The maximum Gasteiger partial charge on any atom is 0.339 e. The highest BCUT2D eigenvalue weighted by Gasteiger charge is 2.81. The fourth-order valence-corrected chi connectivity index (χ4v) is 9.86. The van der Waals surface area contributed by atoms with Crippen LogP contribution in [0.3, 0.4) is 0 Å². The lowest BCUT2D eigenvalue weighted by Crippen LogP contribution is -2.80. The minimum atomic E-state index is -1.35. The number of rotatable bonds is 8. The first kappa shape index (κ1) is 30.9. The second-order valence-corrected chi connectivity index (χ2v) is 14.8. The molecule has 244 valence electrons. The number of ether oxygens (including phenoxy) is 4. The molecule has 14 heteroatoms. The van der Waals surface area contributed by atoms with E-state index < -0.39 is 58.3 Å². The normalized spacial score (nSPS) is 50.3. The number of alkyl halides is 2. The van der Waals surface area contributed by atoms with E-state index in [4.69, 9.17) is 42.1 Å². The molecular formula is C30H40Cl2N2O10. The molecule has 12 nitrogen and oxygen atoms in total. The van der Waals surface area contributed by atoms with Gasteiger partial charge in [-0.05, 0) is 52.4 Å². The van der Waals surface area contributed by atoms with Crippen molar-refractivity contribution in [3.63, 3.8) is 0 Å². The molecule has 6 saturated heterocycles. The Bertz CT molecular complexity index is 1180. The van der Waals surface area contributed by atoms with Crippen molar-refractivity contribution >= 4 is 47.0 Å². The molecule has 2 amide bonds. The van der Waals surface area contributed by atoms with E-state index >= 15 is 0 Å². The lowest BCUT2D eigenvalue weighted by molar-refractivity contribution is -0.241. The van der Waals surface area contributed by atoms with Crippen LogP contribution in [0.25, 0.3) is 0 Å².